The first-order valence-corrected chi connectivity index (χ1v) is 8.09. The Morgan fingerprint density at radius 1 is 1.13 bits per heavy atom. The van der Waals surface area contributed by atoms with Gasteiger partial charge in [0.05, 0.1) is 5.69 Å². The van der Waals surface area contributed by atoms with Crippen molar-refractivity contribution >= 4 is 5.91 Å². The summed E-state index contributed by atoms with van der Waals surface area (Å²) in [7, 11) is 0. The SMILES string of the molecule is Cc1noc(C)c1C(=O)N1CCN(C(C)c2ccccc2)CC1. The zero-order valence-electron chi connectivity index (χ0n) is 14.0. The van der Waals surface area contributed by atoms with E-state index in [9.17, 15) is 4.79 Å². The van der Waals surface area contributed by atoms with Crippen LogP contribution in [0.2, 0.25) is 0 Å². The molecular weight excluding hydrogens is 290 g/mol. The molecule has 1 aliphatic heterocycles. The molecule has 0 aliphatic carbocycles. The van der Waals surface area contributed by atoms with Gasteiger partial charge in [0.2, 0.25) is 0 Å². The highest BCUT2D eigenvalue weighted by atomic mass is 16.5. The van der Waals surface area contributed by atoms with Crippen molar-refractivity contribution in [2.24, 2.45) is 0 Å². The van der Waals surface area contributed by atoms with Crippen LogP contribution in [0.5, 0.6) is 0 Å². The number of carbonyl (C=O) groups is 1. The molecule has 1 saturated heterocycles. The Kier molecular flexibility index (Phi) is 4.48. The molecule has 1 fully saturated rings. The number of nitrogens with zero attached hydrogens (tertiary/aromatic N) is 3. The van der Waals surface area contributed by atoms with Crippen molar-refractivity contribution in [3.05, 3.63) is 52.9 Å². The second-order valence-corrected chi connectivity index (χ2v) is 6.11. The normalized spacial score (nSPS) is 17.3. The van der Waals surface area contributed by atoms with Gasteiger partial charge < -0.3 is 9.42 Å². The van der Waals surface area contributed by atoms with Crippen LogP contribution in [0.4, 0.5) is 0 Å². The first-order valence-electron chi connectivity index (χ1n) is 8.09. The van der Waals surface area contributed by atoms with Gasteiger partial charge in [0, 0.05) is 32.2 Å². The molecule has 1 aromatic carbocycles. The molecule has 0 saturated carbocycles. The quantitative estimate of drug-likeness (QED) is 0.874. The predicted molar refractivity (Wildman–Crippen MR) is 88.3 cm³/mol. The predicted octanol–water partition coefficient (Wildman–Crippen LogP) is 2.81. The molecule has 5 nitrogen and oxygen atoms in total. The van der Waals surface area contributed by atoms with E-state index >= 15 is 0 Å². The summed E-state index contributed by atoms with van der Waals surface area (Å²) < 4.78 is 5.12. The highest BCUT2D eigenvalue weighted by Gasteiger charge is 2.28. The third-order valence-corrected chi connectivity index (χ3v) is 4.68. The van der Waals surface area contributed by atoms with Crippen LogP contribution in [0, 0.1) is 13.8 Å². The lowest BCUT2D eigenvalue weighted by atomic mass is 10.1. The van der Waals surface area contributed by atoms with Crippen LogP contribution in [0.3, 0.4) is 0 Å². The summed E-state index contributed by atoms with van der Waals surface area (Å²) in [4.78, 5) is 17.0. The summed E-state index contributed by atoms with van der Waals surface area (Å²) in [6.07, 6.45) is 0. The topological polar surface area (TPSA) is 49.6 Å². The van der Waals surface area contributed by atoms with Gasteiger partial charge in [-0.15, -0.1) is 0 Å². The maximum absolute atomic E-state index is 12.7. The van der Waals surface area contributed by atoms with Crippen molar-refractivity contribution in [1.82, 2.24) is 15.0 Å². The number of carbonyl (C=O) groups excluding carboxylic acids is 1. The van der Waals surface area contributed by atoms with E-state index in [2.05, 4.69) is 41.2 Å². The lowest BCUT2D eigenvalue weighted by molar-refractivity contribution is 0.0580. The Morgan fingerprint density at radius 2 is 1.78 bits per heavy atom. The molecule has 122 valence electrons. The highest BCUT2D eigenvalue weighted by molar-refractivity contribution is 5.96. The summed E-state index contributed by atoms with van der Waals surface area (Å²) in [5.41, 5.74) is 2.61. The Bertz CT molecular complexity index is 653. The first kappa shape index (κ1) is 15.7. The van der Waals surface area contributed by atoms with E-state index in [0.29, 0.717) is 23.1 Å². The van der Waals surface area contributed by atoms with Crippen LogP contribution < -0.4 is 0 Å². The third-order valence-electron chi connectivity index (χ3n) is 4.68. The van der Waals surface area contributed by atoms with Gasteiger partial charge in [0.25, 0.3) is 5.91 Å². The Morgan fingerprint density at radius 3 is 2.35 bits per heavy atom. The van der Waals surface area contributed by atoms with E-state index < -0.39 is 0 Å². The molecule has 2 aromatic rings. The molecule has 1 aromatic heterocycles. The van der Waals surface area contributed by atoms with Crippen LogP contribution in [0.15, 0.2) is 34.9 Å². The van der Waals surface area contributed by atoms with Gasteiger partial charge >= 0.3 is 0 Å². The Hall–Kier alpha value is -2.14. The number of rotatable bonds is 3. The summed E-state index contributed by atoms with van der Waals surface area (Å²) in [5.74, 6) is 0.640. The lowest BCUT2D eigenvalue weighted by Crippen LogP contribution is -2.49. The van der Waals surface area contributed by atoms with Crippen LogP contribution in [0.1, 0.15) is 40.3 Å². The number of piperazine rings is 1. The minimum Gasteiger partial charge on any atom is -0.361 e. The number of hydrogen-bond donors (Lipinski definition) is 0. The minimum atomic E-state index is 0.0354. The average Bonchev–Trinajstić information content (AvgIpc) is 2.93. The van der Waals surface area contributed by atoms with Crippen LogP contribution in [-0.4, -0.2) is 47.0 Å². The molecule has 2 heterocycles. The zero-order valence-corrected chi connectivity index (χ0v) is 14.0. The second kappa shape index (κ2) is 6.54. The zero-order chi connectivity index (χ0) is 16.4. The van der Waals surface area contributed by atoms with Gasteiger partial charge in [0.1, 0.15) is 11.3 Å². The number of amides is 1. The fraction of sp³-hybridized carbons (Fsp3) is 0.444. The molecule has 1 unspecified atom stereocenters. The van der Waals surface area contributed by atoms with Gasteiger partial charge in [0.15, 0.2) is 0 Å². The van der Waals surface area contributed by atoms with Crippen LogP contribution in [-0.2, 0) is 0 Å². The highest BCUT2D eigenvalue weighted by Crippen LogP contribution is 2.22. The molecular formula is C18H23N3O2. The summed E-state index contributed by atoms with van der Waals surface area (Å²) >= 11 is 0. The monoisotopic (exact) mass is 313 g/mol. The number of hydrogen-bond acceptors (Lipinski definition) is 4. The molecule has 1 amide bonds. The van der Waals surface area contributed by atoms with Crippen molar-refractivity contribution in [1.29, 1.82) is 0 Å². The van der Waals surface area contributed by atoms with E-state index in [1.807, 2.05) is 17.9 Å². The maximum atomic E-state index is 12.7. The van der Waals surface area contributed by atoms with E-state index in [4.69, 9.17) is 4.52 Å². The van der Waals surface area contributed by atoms with Gasteiger partial charge in [-0.25, -0.2) is 0 Å². The molecule has 3 rings (SSSR count). The lowest BCUT2D eigenvalue weighted by Gasteiger charge is -2.38. The summed E-state index contributed by atoms with van der Waals surface area (Å²) in [6.45, 7) is 9.07. The third kappa shape index (κ3) is 3.15. The molecule has 0 N–H and O–H groups in total. The standard InChI is InChI=1S/C18H23N3O2/c1-13-17(15(3)23-19-13)18(22)21-11-9-20(10-12-21)14(2)16-7-5-4-6-8-16/h4-8,14H,9-12H2,1-3H3. The second-order valence-electron chi connectivity index (χ2n) is 6.11. The summed E-state index contributed by atoms with van der Waals surface area (Å²) in [6, 6.07) is 10.9. The van der Waals surface area contributed by atoms with Crippen LogP contribution >= 0.6 is 0 Å². The van der Waals surface area contributed by atoms with Crippen molar-refractivity contribution in [3.63, 3.8) is 0 Å². The fourth-order valence-corrected chi connectivity index (χ4v) is 3.20. The van der Waals surface area contributed by atoms with Crippen molar-refractivity contribution < 1.29 is 9.32 Å². The summed E-state index contributed by atoms with van der Waals surface area (Å²) in [5, 5.41) is 3.88. The van der Waals surface area contributed by atoms with Crippen LogP contribution in [0.25, 0.3) is 0 Å². The van der Waals surface area contributed by atoms with E-state index in [1.165, 1.54) is 5.56 Å². The fourth-order valence-electron chi connectivity index (χ4n) is 3.20. The molecule has 0 spiro atoms. The minimum absolute atomic E-state index is 0.0354. The van der Waals surface area contributed by atoms with Gasteiger partial charge in [-0.05, 0) is 26.3 Å². The van der Waals surface area contributed by atoms with Crippen molar-refractivity contribution in [2.75, 3.05) is 26.2 Å². The molecule has 0 radical (unpaired) electrons. The number of benzene rings is 1. The van der Waals surface area contributed by atoms with E-state index in [1.54, 1.807) is 6.92 Å². The Balaban J connectivity index is 1.64. The molecule has 0 bridgehead atoms. The molecule has 23 heavy (non-hydrogen) atoms. The van der Waals surface area contributed by atoms with E-state index in [0.717, 1.165) is 26.2 Å². The number of aryl methyl sites for hydroxylation is 2. The van der Waals surface area contributed by atoms with Gasteiger partial charge in [-0.3, -0.25) is 9.69 Å². The largest absolute Gasteiger partial charge is 0.361 e. The van der Waals surface area contributed by atoms with Crippen molar-refractivity contribution in [3.8, 4) is 0 Å². The molecule has 1 aliphatic rings. The smallest absolute Gasteiger partial charge is 0.259 e. The van der Waals surface area contributed by atoms with E-state index in [-0.39, 0.29) is 5.91 Å². The molecule has 1 atom stereocenters. The maximum Gasteiger partial charge on any atom is 0.259 e. The average molecular weight is 313 g/mol. The van der Waals surface area contributed by atoms with Gasteiger partial charge in [-0.1, -0.05) is 35.5 Å². The number of aromatic nitrogens is 1. The first-order chi connectivity index (χ1) is 11.1. The van der Waals surface area contributed by atoms with Gasteiger partial charge in [-0.2, -0.15) is 0 Å². The van der Waals surface area contributed by atoms with Crippen molar-refractivity contribution in [2.45, 2.75) is 26.8 Å². The molecule has 5 heteroatoms. The Labute approximate surface area is 136 Å².